The lowest BCUT2D eigenvalue weighted by molar-refractivity contribution is 0.923. The third-order valence-electron chi connectivity index (χ3n) is 2.65. The SMILES string of the molecule is CCCc1ccc2[nH]c(=O)cc(C)c2c1. The molecule has 0 saturated carbocycles. The van der Waals surface area contributed by atoms with Gasteiger partial charge in [-0.05, 0) is 36.6 Å². The summed E-state index contributed by atoms with van der Waals surface area (Å²) in [5.74, 6) is 0. The molecule has 0 atom stereocenters. The van der Waals surface area contributed by atoms with Crippen LogP contribution in [0.4, 0.5) is 0 Å². The van der Waals surface area contributed by atoms with Crippen molar-refractivity contribution in [1.82, 2.24) is 4.98 Å². The molecule has 1 aromatic heterocycles. The van der Waals surface area contributed by atoms with E-state index < -0.39 is 0 Å². The Morgan fingerprint density at radius 1 is 1.27 bits per heavy atom. The first-order valence-electron chi connectivity index (χ1n) is 5.33. The number of pyridine rings is 1. The van der Waals surface area contributed by atoms with Crippen molar-refractivity contribution in [3.63, 3.8) is 0 Å². The molecule has 1 N–H and O–H groups in total. The van der Waals surface area contributed by atoms with Crippen molar-refractivity contribution in [2.45, 2.75) is 26.7 Å². The molecule has 1 heterocycles. The van der Waals surface area contributed by atoms with Crippen LogP contribution in [0.5, 0.6) is 0 Å². The predicted octanol–water partition coefficient (Wildman–Crippen LogP) is 2.79. The van der Waals surface area contributed by atoms with Gasteiger partial charge < -0.3 is 4.98 Å². The summed E-state index contributed by atoms with van der Waals surface area (Å²) in [7, 11) is 0. The van der Waals surface area contributed by atoms with Gasteiger partial charge in [-0.2, -0.15) is 0 Å². The fourth-order valence-electron chi connectivity index (χ4n) is 1.91. The van der Waals surface area contributed by atoms with Gasteiger partial charge in [0.25, 0.3) is 0 Å². The van der Waals surface area contributed by atoms with E-state index in [0.717, 1.165) is 29.3 Å². The molecule has 78 valence electrons. The van der Waals surface area contributed by atoms with Gasteiger partial charge in [-0.3, -0.25) is 4.79 Å². The normalized spacial score (nSPS) is 10.8. The number of nitrogens with one attached hydrogen (secondary N) is 1. The van der Waals surface area contributed by atoms with E-state index in [1.54, 1.807) is 6.07 Å². The minimum absolute atomic E-state index is 0.0248. The smallest absolute Gasteiger partial charge is 0.248 e. The van der Waals surface area contributed by atoms with Gasteiger partial charge in [-0.1, -0.05) is 19.4 Å². The van der Waals surface area contributed by atoms with Gasteiger partial charge in [0.05, 0.1) is 0 Å². The third-order valence-corrected chi connectivity index (χ3v) is 2.65. The zero-order valence-electron chi connectivity index (χ0n) is 9.13. The largest absolute Gasteiger partial charge is 0.322 e. The highest BCUT2D eigenvalue weighted by molar-refractivity contribution is 5.82. The number of aromatic amines is 1. The van der Waals surface area contributed by atoms with Crippen molar-refractivity contribution in [3.05, 3.63) is 45.7 Å². The molecule has 2 nitrogen and oxygen atoms in total. The van der Waals surface area contributed by atoms with Crippen molar-refractivity contribution in [3.8, 4) is 0 Å². The van der Waals surface area contributed by atoms with Gasteiger partial charge in [-0.25, -0.2) is 0 Å². The second-order valence-corrected chi connectivity index (χ2v) is 3.95. The van der Waals surface area contributed by atoms with Crippen LogP contribution in [-0.2, 0) is 6.42 Å². The van der Waals surface area contributed by atoms with Crippen LogP contribution in [-0.4, -0.2) is 4.98 Å². The maximum absolute atomic E-state index is 11.3. The third kappa shape index (κ3) is 1.94. The zero-order chi connectivity index (χ0) is 10.8. The Labute approximate surface area is 89.0 Å². The number of fused-ring (bicyclic) bond motifs is 1. The number of aromatic nitrogens is 1. The Bertz CT molecular complexity index is 540. The van der Waals surface area contributed by atoms with E-state index in [2.05, 4.69) is 24.0 Å². The molecule has 0 saturated heterocycles. The average Bonchev–Trinajstić information content (AvgIpc) is 2.19. The molecule has 0 spiro atoms. The first-order chi connectivity index (χ1) is 7.20. The molecule has 0 radical (unpaired) electrons. The predicted molar refractivity (Wildman–Crippen MR) is 63.3 cm³/mol. The van der Waals surface area contributed by atoms with E-state index in [9.17, 15) is 4.79 Å². The molecule has 0 aliphatic rings. The van der Waals surface area contributed by atoms with E-state index >= 15 is 0 Å². The summed E-state index contributed by atoms with van der Waals surface area (Å²) in [6.07, 6.45) is 2.24. The van der Waals surface area contributed by atoms with E-state index in [1.165, 1.54) is 5.56 Å². The lowest BCUT2D eigenvalue weighted by atomic mass is 10.0. The Morgan fingerprint density at radius 3 is 2.80 bits per heavy atom. The standard InChI is InChI=1S/C13H15NO/c1-3-4-10-5-6-12-11(8-10)9(2)7-13(15)14-12/h5-8H,3-4H2,1-2H3,(H,14,15). The van der Waals surface area contributed by atoms with Gasteiger partial charge in [0.15, 0.2) is 0 Å². The van der Waals surface area contributed by atoms with Crippen LogP contribution in [0, 0.1) is 6.92 Å². The average molecular weight is 201 g/mol. The van der Waals surface area contributed by atoms with E-state index in [-0.39, 0.29) is 5.56 Å². The number of benzene rings is 1. The first kappa shape index (κ1) is 9.97. The summed E-state index contributed by atoms with van der Waals surface area (Å²) < 4.78 is 0. The van der Waals surface area contributed by atoms with Crippen molar-refractivity contribution in [2.75, 3.05) is 0 Å². The summed E-state index contributed by atoms with van der Waals surface area (Å²) in [6.45, 7) is 4.15. The quantitative estimate of drug-likeness (QED) is 0.796. The summed E-state index contributed by atoms with van der Waals surface area (Å²) in [5, 5.41) is 1.15. The minimum Gasteiger partial charge on any atom is -0.322 e. The van der Waals surface area contributed by atoms with Gasteiger partial charge in [0.1, 0.15) is 0 Å². The number of rotatable bonds is 2. The molecule has 0 aliphatic heterocycles. The van der Waals surface area contributed by atoms with Crippen LogP contribution >= 0.6 is 0 Å². The number of aryl methyl sites for hydroxylation is 2. The van der Waals surface area contributed by atoms with Gasteiger partial charge in [0, 0.05) is 17.0 Å². The lowest BCUT2D eigenvalue weighted by Gasteiger charge is -2.04. The van der Waals surface area contributed by atoms with Gasteiger partial charge >= 0.3 is 0 Å². The molecule has 0 aliphatic carbocycles. The van der Waals surface area contributed by atoms with E-state index in [4.69, 9.17) is 0 Å². The fraction of sp³-hybridized carbons (Fsp3) is 0.308. The molecular weight excluding hydrogens is 186 g/mol. The highest BCUT2D eigenvalue weighted by Gasteiger charge is 2.00. The molecule has 0 fully saturated rings. The lowest BCUT2D eigenvalue weighted by Crippen LogP contribution is -2.04. The molecule has 0 amide bonds. The Balaban J connectivity index is 2.66. The van der Waals surface area contributed by atoms with Crippen LogP contribution in [0.3, 0.4) is 0 Å². The first-order valence-corrected chi connectivity index (χ1v) is 5.33. The highest BCUT2D eigenvalue weighted by atomic mass is 16.1. The number of hydrogen-bond donors (Lipinski definition) is 1. The van der Waals surface area contributed by atoms with Crippen LogP contribution in [0.2, 0.25) is 0 Å². The van der Waals surface area contributed by atoms with Crippen LogP contribution < -0.4 is 5.56 Å². The topological polar surface area (TPSA) is 32.9 Å². The Morgan fingerprint density at radius 2 is 2.07 bits per heavy atom. The molecule has 2 heteroatoms. The van der Waals surface area contributed by atoms with Crippen molar-refractivity contribution >= 4 is 10.9 Å². The Kier molecular flexibility index (Phi) is 2.58. The van der Waals surface area contributed by atoms with Crippen molar-refractivity contribution in [2.24, 2.45) is 0 Å². The molecule has 2 aromatic rings. The summed E-state index contributed by atoms with van der Waals surface area (Å²) in [4.78, 5) is 14.1. The monoisotopic (exact) mass is 201 g/mol. The van der Waals surface area contributed by atoms with Crippen LogP contribution in [0.15, 0.2) is 29.1 Å². The van der Waals surface area contributed by atoms with Crippen molar-refractivity contribution in [1.29, 1.82) is 0 Å². The van der Waals surface area contributed by atoms with Crippen LogP contribution in [0.25, 0.3) is 10.9 Å². The second kappa shape index (κ2) is 3.89. The molecule has 0 bridgehead atoms. The molecule has 1 aromatic carbocycles. The van der Waals surface area contributed by atoms with E-state index in [0.29, 0.717) is 0 Å². The molecule has 15 heavy (non-hydrogen) atoms. The van der Waals surface area contributed by atoms with Crippen LogP contribution in [0.1, 0.15) is 24.5 Å². The number of H-pyrrole nitrogens is 1. The maximum atomic E-state index is 11.3. The summed E-state index contributed by atoms with van der Waals surface area (Å²) >= 11 is 0. The van der Waals surface area contributed by atoms with E-state index in [1.807, 2.05) is 13.0 Å². The second-order valence-electron chi connectivity index (χ2n) is 3.95. The summed E-state index contributed by atoms with van der Waals surface area (Å²) in [5.41, 5.74) is 3.29. The summed E-state index contributed by atoms with van der Waals surface area (Å²) in [6, 6.07) is 7.90. The zero-order valence-corrected chi connectivity index (χ0v) is 9.13. The van der Waals surface area contributed by atoms with Crippen molar-refractivity contribution < 1.29 is 0 Å². The van der Waals surface area contributed by atoms with Gasteiger partial charge in [0.2, 0.25) is 5.56 Å². The number of hydrogen-bond acceptors (Lipinski definition) is 1. The molecule has 2 rings (SSSR count). The molecular formula is C13H15NO. The fourth-order valence-corrected chi connectivity index (χ4v) is 1.91. The minimum atomic E-state index is -0.0248. The highest BCUT2D eigenvalue weighted by Crippen LogP contribution is 2.17. The Hall–Kier alpha value is -1.57. The maximum Gasteiger partial charge on any atom is 0.248 e. The molecule has 0 unspecified atom stereocenters. The van der Waals surface area contributed by atoms with Gasteiger partial charge in [-0.15, -0.1) is 0 Å².